The topological polar surface area (TPSA) is 62.0 Å². The van der Waals surface area contributed by atoms with Gasteiger partial charge in [-0.15, -0.1) is 0 Å². The summed E-state index contributed by atoms with van der Waals surface area (Å²) in [4.78, 5) is 26.5. The van der Waals surface area contributed by atoms with E-state index in [1.165, 1.54) is 18.2 Å². The molecule has 0 aliphatic rings. The number of amides is 1. The van der Waals surface area contributed by atoms with Crippen molar-refractivity contribution in [3.63, 3.8) is 0 Å². The summed E-state index contributed by atoms with van der Waals surface area (Å²) in [5.74, 6) is -0.704. The highest BCUT2D eigenvalue weighted by Gasteiger charge is 2.07. The Morgan fingerprint density at radius 2 is 2.00 bits per heavy atom. The van der Waals surface area contributed by atoms with E-state index in [2.05, 4.69) is 10.3 Å². The van der Waals surface area contributed by atoms with E-state index in [0.29, 0.717) is 17.7 Å². The summed E-state index contributed by atoms with van der Waals surface area (Å²) in [5.41, 5.74) is 2.77. The number of nitrogens with one attached hydrogen (secondary N) is 2. The third-order valence-corrected chi connectivity index (χ3v) is 4.23. The van der Waals surface area contributed by atoms with E-state index in [9.17, 15) is 14.0 Å². The van der Waals surface area contributed by atoms with Gasteiger partial charge in [-0.3, -0.25) is 9.59 Å². The van der Waals surface area contributed by atoms with Gasteiger partial charge in [-0.25, -0.2) is 4.39 Å². The molecule has 0 saturated heterocycles. The monoisotopic (exact) mass is 358 g/mol. The first kappa shape index (κ1) is 17.2. The maximum absolute atomic E-state index is 13.1. The number of hydrogen-bond donors (Lipinski definition) is 2. The molecule has 128 valence electrons. The summed E-state index contributed by atoms with van der Waals surface area (Å²) < 4.78 is 13.1. The van der Waals surface area contributed by atoms with Gasteiger partial charge in [0, 0.05) is 23.2 Å². The lowest BCUT2D eigenvalue weighted by atomic mass is 10.1. The first-order chi connectivity index (χ1) is 11.9. The highest BCUT2D eigenvalue weighted by Crippen LogP contribution is 2.20. The van der Waals surface area contributed by atoms with Crippen LogP contribution < -0.4 is 10.9 Å². The zero-order valence-corrected chi connectivity index (χ0v) is 14.3. The third-order valence-electron chi connectivity index (χ3n) is 3.94. The normalized spacial score (nSPS) is 10.8. The number of benzene rings is 2. The maximum Gasteiger partial charge on any atom is 0.251 e. The van der Waals surface area contributed by atoms with Crippen LogP contribution >= 0.6 is 11.6 Å². The molecule has 0 unspecified atom stereocenters. The van der Waals surface area contributed by atoms with E-state index in [-0.39, 0.29) is 22.9 Å². The molecule has 1 heterocycles. The Morgan fingerprint density at radius 1 is 1.20 bits per heavy atom. The predicted molar refractivity (Wildman–Crippen MR) is 97.7 cm³/mol. The molecule has 1 amide bonds. The van der Waals surface area contributed by atoms with Gasteiger partial charge in [0.1, 0.15) is 5.82 Å². The van der Waals surface area contributed by atoms with Crippen molar-refractivity contribution >= 4 is 34.1 Å². The minimum atomic E-state index is -0.524. The zero-order valence-electron chi connectivity index (χ0n) is 13.5. The number of aromatic amines is 1. The number of anilines is 1. The summed E-state index contributed by atoms with van der Waals surface area (Å²) in [7, 11) is 0. The summed E-state index contributed by atoms with van der Waals surface area (Å²) in [6.07, 6.45) is 0.831. The molecule has 2 aromatic carbocycles. The van der Waals surface area contributed by atoms with Gasteiger partial charge in [0.25, 0.3) is 5.56 Å². The Labute approximate surface area is 148 Å². The molecule has 6 heteroatoms. The molecule has 0 bridgehead atoms. The van der Waals surface area contributed by atoms with Crippen molar-refractivity contribution in [2.75, 3.05) is 5.32 Å². The van der Waals surface area contributed by atoms with Gasteiger partial charge in [-0.2, -0.15) is 0 Å². The van der Waals surface area contributed by atoms with Crippen LogP contribution in [0.2, 0.25) is 5.02 Å². The first-order valence-corrected chi connectivity index (χ1v) is 8.17. The van der Waals surface area contributed by atoms with Gasteiger partial charge in [0.15, 0.2) is 0 Å². The summed E-state index contributed by atoms with van der Waals surface area (Å²) in [6, 6.07) is 11.6. The quantitative estimate of drug-likeness (QED) is 0.734. The second-order valence-corrected chi connectivity index (χ2v) is 6.29. The average Bonchev–Trinajstić information content (AvgIpc) is 2.57. The molecule has 0 fully saturated rings. The largest absolute Gasteiger partial charge is 0.326 e. The smallest absolute Gasteiger partial charge is 0.251 e. The number of aryl methyl sites for hydroxylation is 2. The molecular weight excluding hydrogens is 343 g/mol. The Hall–Kier alpha value is -2.66. The second-order valence-electron chi connectivity index (χ2n) is 5.88. The lowest BCUT2D eigenvalue weighted by Gasteiger charge is -2.07. The van der Waals surface area contributed by atoms with E-state index in [0.717, 1.165) is 16.5 Å². The molecular formula is C19H16ClFN2O2. The lowest BCUT2D eigenvalue weighted by Crippen LogP contribution is -2.12. The molecule has 0 aliphatic carbocycles. The number of hydrogen-bond acceptors (Lipinski definition) is 2. The van der Waals surface area contributed by atoms with Gasteiger partial charge >= 0.3 is 0 Å². The summed E-state index contributed by atoms with van der Waals surface area (Å²) >= 11 is 5.70. The fourth-order valence-electron chi connectivity index (χ4n) is 2.58. The first-order valence-electron chi connectivity index (χ1n) is 7.80. The molecule has 0 spiro atoms. The lowest BCUT2D eigenvalue weighted by molar-refractivity contribution is -0.116. The number of halogens is 2. The second kappa shape index (κ2) is 7.07. The molecule has 0 radical (unpaired) electrons. The van der Waals surface area contributed by atoms with Crippen LogP contribution in [-0.2, 0) is 11.2 Å². The van der Waals surface area contributed by atoms with Crippen molar-refractivity contribution in [1.82, 2.24) is 4.98 Å². The Morgan fingerprint density at radius 3 is 2.76 bits per heavy atom. The number of carbonyl (C=O) groups is 1. The third kappa shape index (κ3) is 4.06. The number of rotatable bonds is 4. The van der Waals surface area contributed by atoms with Crippen molar-refractivity contribution in [3.05, 3.63) is 74.8 Å². The molecule has 0 aliphatic heterocycles. The van der Waals surface area contributed by atoms with Crippen LogP contribution in [0, 0.1) is 12.7 Å². The average molecular weight is 359 g/mol. The Bertz CT molecular complexity index is 1010. The van der Waals surface area contributed by atoms with Crippen molar-refractivity contribution in [2.45, 2.75) is 19.8 Å². The van der Waals surface area contributed by atoms with Crippen LogP contribution in [0.4, 0.5) is 10.1 Å². The molecule has 25 heavy (non-hydrogen) atoms. The number of H-pyrrole nitrogens is 1. The maximum atomic E-state index is 13.1. The number of pyridine rings is 1. The van der Waals surface area contributed by atoms with Gasteiger partial charge in [-0.1, -0.05) is 17.7 Å². The van der Waals surface area contributed by atoms with Crippen LogP contribution in [0.5, 0.6) is 0 Å². The highest BCUT2D eigenvalue weighted by atomic mass is 35.5. The minimum absolute atomic E-state index is 0.0308. The number of fused-ring (bicyclic) bond motifs is 1. The van der Waals surface area contributed by atoms with Crippen LogP contribution in [0.15, 0.2) is 47.3 Å². The van der Waals surface area contributed by atoms with Crippen LogP contribution in [0.1, 0.15) is 17.5 Å². The Balaban J connectivity index is 1.67. The van der Waals surface area contributed by atoms with Crippen molar-refractivity contribution in [3.8, 4) is 0 Å². The predicted octanol–water partition coefficient (Wildman–Crippen LogP) is 4.20. The molecule has 1 aromatic heterocycles. The van der Waals surface area contributed by atoms with Crippen molar-refractivity contribution < 1.29 is 9.18 Å². The highest BCUT2D eigenvalue weighted by molar-refractivity contribution is 6.31. The van der Waals surface area contributed by atoms with E-state index in [1.807, 2.05) is 24.3 Å². The van der Waals surface area contributed by atoms with Crippen LogP contribution in [-0.4, -0.2) is 10.9 Å². The Kier molecular flexibility index (Phi) is 4.86. The molecule has 3 aromatic rings. The number of carbonyl (C=O) groups excluding carboxylic acids is 1. The van der Waals surface area contributed by atoms with Crippen LogP contribution in [0.25, 0.3) is 10.9 Å². The molecule has 4 nitrogen and oxygen atoms in total. The van der Waals surface area contributed by atoms with Gasteiger partial charge in [-0.05, 0) is 60.7 Å². The van der Waals surface area contributed by atoms with Crippen molar-refractivity contribution in [1.29, 1.82) is 0 Å². The van der Waals surface area contributed by atoms with E-state index in [4.69, 9.17) is 11.6 Å². The molecule has 3 rings (SSSR count). The summed E-state index contributed by atoms with van der Waals surface area (Å²) in [6.45, 7) is 1.76. The standard InChI is InChI=1S/C19H16ClFN2O2/c1-11-8-13-9-12(2-6-17(13)23-19(11)25)3-7-18(24)22-14-4-5-16(21)15(20)10-14/h2,4-6,8-10H,3,7H2,1H3,(H,22,24)(H,23,25). The summed E-state index contributed by atoms with van der Waals surface area (Å²) in [5, 5.41) is 3.60. The van der Waals surface area contributed by atoms with Gasteiger partial charge in [0.2, 0.25) is 5.91 Å². The van der Waals surface area contributed by atoms with E-state index >= 15 is 0 Å². The molecule has 0 atom stereocenters. The van der Waals surface area contributed by atoms with Gasteiger partial charge < -0.3 is 10.3 Å². The van der Waals surface area contributed by atoms with Gasteiger partial charge in [0.05, 0.1) is 5.02 Å². The SMILES string of the molecule is Cc1cc2cc(CCC(=O)Nc3ccc(F)c(Cl)c3)ccc2[nH]c1=O. The van der Waals surface area contributed by atoms with E-state index in [1.54, 1.807) is 6.92 Å². The fourth-order valence-corrected chi connectivity index (χ4v) is 2.76. The van der Waals surface area contributed by atoms with E-state index < -0.39 is 5.82 Å². The number of aromatic nitrogens is 1. The molecule has 0 saturated carbocycles. The molecule has 2 N–H and O–H groups in total. The van der Waals surface area contributed by atoms with Crippen LogP contribution in [0.3, 0.4) is 0 Å². The zero-order chi connectivity index (χ0) is 18.0. The van der Waals surface area contributed by atoms with Crippen molar-refractivity contribution in [2.24, 2.45) is 0 Å². The minimum Gasteiger partial charge on any atom is -0.326 e. The fraction of sp³-hybridized carbons (Fsp3) is 0.158.